The maximum atomic E-state index is 11.9. The number of nitrogens with zero attached hydrogens (tertiary/aromatic N) is 6. The molecule has 136 valence electrons. The Morgan fingerprint density at radius 1 is 1.19 bits per heavy atom. The average Bonchev–Trinajstić information content (AvgIpc) is 3.18. The lowest BCUT2D eigenvalue weighted by Gasteiger charge is -2.39. The summed E-state index contributed by atoms with van der Waals surface area (Å²) in [4.78, 5) is 25.3. The highest BCUT2D eigenvalue weighted by atomic mass is 16.2. The lowest BCUT2D eigenvalue weighted by Crippen LogP contribution is -2.47. The van der Waals surface area contributed by atoms with Crippen LogP contribution in [0.1, 0.15) is 55.6 Å². The van der Waals surface area contributed by atoms with Crippen LogP contribution in [-0.2, 0) is 11.3 Å². The predicted molar refractivity (Wildman–Crippen MR) is 96.8 cm³/mol. The Labute approximate surface area is 153 Å². The third-order valence-corrected chi connectivity index (χ3v) is 5.87. The molecular formula is C19H24N6O. The number of likely N-dealkylation sites (tertiary alicyclic amines) is 1. The van der Waals surface area contributed by atoms with E-state index in [1.165, 1.54) is 19.3 Å². The van der Waals surface area contributed by atoms with Crippen LogP contribution < -0.4 is 4.90 Å². The normalized spacial score (nSPS) is 21.8. The highest BCUT2D eigenvalue weighted by Crippen LogP contribution is 2.34. The third kappa shape index (κ3) is 2.90. The second-order valence-electron chi connectivity index (χ2n) is 7.71. The van der Waals surface area contributed by atoms with Crippen LogP contribution in [0.15, 0.2) is 24.7 Å². The second-order valence-corrected chi connectivity index (χ2v) is 7.71. The SMILES string of the molecule is O=C1CCCN1c1cnn(C2CN(Cc3ccnc(C4CCC4)n3)C2)c1. The maximum absolute atomic E-state index is 11.9. The van der Waals surface area contributed by atoms with Crippen molar-refractivity contribution in [1.82, 2.24) is 24.6 Å². The number of amides is 1. The van der Waals surface area contributed by atoms with Crippen molar-refractivity contribution in [3.63, 3.8) is 0 Å². The van der Waals surface area contributed by atoms with Crippen molar-refractivity contribution in [2.24, 2.45) is 0 Å². The first kappa shape index (κ1) is 15.9. The molecule has 0 atom stereocenters. The van der Waals surface area contributed by atoms with Crippen molar-refractivity contribution in [2.75, 3.05) is 24.5 Å². The maximum Gasteiger partial charge on any atom is 0.227 e. The molecule has 3 aliphatic rings. The molecule has 1 aliphatic carbocycles. The fraction of sp³-hybridized carbons (Fsp3) is 0.579. The molecule has 0 aromatic carbocycles. The molecule has 1 amide bonds. The summed E-state index contributed by atoms with van der Waals surface area (Å²) >= 11 is 0. The van der Waals surface area contributed by atoms with Crippen molar-refractivity contribution in [1.29, 1.82) is 0 Å². The van der Waals surface area contributed by atoms with Crippen LogP contribution in [0.4, 0.5) is 5.69 Å². The molecule has 3 fully saturated rings. The smallest absolute Gasteiger partial charge is 0.227 e. The summed E-state index contributed by atoms with van der Waals surface area (Å²) in [7, 11) is 0. The summed E-state index contributed by atoms with van der Waals surface area (Å²) in [5.41, 5.74) is 2.05. The van der Waals surface area contributed by atoms with E-state index >= 15 is 0 Å². The molecule has 2 saturated heterocycles. The first-order chi connectivity index (χ1) is 12.8. The Hall–Kier alpha value is -2.28. The van der Waals surface area contributed by atoms with Gasteiger partial charge < -0.3 is 4.90 Å². The zero-order valence-electron chi connectivity index (χ0n) is 14.9. The van der Waals surface area contributed by atoms with Crippen LogP contribution in [0.25, 0.3) is 0 Å². The van der Waals surface area contributed by atoms with E-state index in [1.54, 1.807) is 0 Å². The molecule has 1 saturated carbocycles. The van der Waals surface area contributed by atoms with Gasteiger partial charge in [0, 0.05) is 50.9 Å². The van der Waals surface area contributed by atoms with Crippen molar-refractivity contribution in [3.8, 4) is 0 Å². The number of anilines is 1. The zero-order chi connectivity index (χ0) is 17.5. The van der Waals surface area contributed by atoms with E-state index in [0.29, 0.717) is 18.4 Å². The molecule has 7 heteroatoms. The van der Waals surface area contributed by atoms with E-state index in [4.69, 9.17) is 4.98 Å². The largest absolute Gasteiger partial charge is 0.309 e. The Kier molecular flexibility index (Phi) is 3.96. The monoisotopic (exact) mass is 352 g/mol. The molecule has 4 heterocycles. The van der Waals surface area contributed by atoms with Crippen molar-refractivity contribution < 1.29 is 4.79 Å². The molecular weight excluding hydrogens is 328 g/mol. The molecule has 0 bridgehead atoms. The van der Waals surface area contributed by atoms with Gasteiger partial charge in [-0.1, -0.05) is 6.42 Å². The number of carbonyl (C=O) groups is 1. The molecule has 2 aromatic rings. The summed E-state index contributed by atoms with van der Waals surface area (Å²) in [5.74, 6) is 1.82. The van der Waals surface area contributed by atoms with Gasteiger partial charge in [-0.05, 0) is 25.3 Å². The van der Waals surface area contributed by atoms with Crippen LogP contribution in [0.5, 0.6) is 0 Å². The van der Waals surface area contributed by atoms with Gasteiger partial charge in [0.2, 0.25) is 5.91 Å². The molecule has 0 radical (unpaired) electrons. The topological polar surface area (TPSA) is 67.2 Å². The van der Waals surface area contributed by atoms with E-state index < -0.39 is 0 Å². The van der Waals surface area contributed by atoms with Crippen LogP contribution in [0.2, 0.25) is 0 Å². The fourth-order valence-corrected chi connectivity index (χ4v) is 4.02. The van der Waals surface area contributed by atoms with Crippen molar-refractivity contribution >= 4 is 11.6 Å². The highest BCUT2D eigenvalue weighted by molar-refractivity contribution is 5.95. The molecule has 0 N–H and O–H groups in total. The van der Waals surface area contributed by atoms with Crippen molar-refractivity contribution in [3.05, 3.63) is 36.2 Å². The first-order valence-corrected chi connectivity index (χ1v) is 9.65. The zero-order valence-corrected chi connectivity index (χ0v) is 14.9. The fourth-order valence-electron chi connectivity index (χ4n) is 4.02. The van der Waals surface area contributed by atoms with Crippen LogP contribution in [-0.4, -0.2) is 50.2 Å². The summed E-state index contributed by atoms with van der Waals surface area (Å²) in [6.45, 7) is 3.63. The standard InChI is InChI=1S/C19H24N6O/c26-18-5-2-8-24(18)16-9-21-25(13-16)17-11-23(12-17)10-15-6-7-20-19(22-15)14-3-1-4-14/h6-7,9,13-14,17H,1-5,8,10-12H2. The van der Waals surface area contributed by atoms with Gasteiger partial charge in [0.1, 0.15) is 5.82 Å². The molecule has 7 nitrogen and oxygen atoms in total. The lowest BCUT2D eigenvalue weighted by molar-refractivity contribution is -0.117. The minimum atomic E-state index is 0.214. The van der Waals surface area contributed by atoms with Gasteiger partial charge in [-0.3, -0.25) is 14.4 Å². The van der Waals surface area contributed by atoms with E-state index in [1.807, 2.05) is 34.2 Å². The Bertz CT molecular complexity index is 808. The van der Waals surface area contributed by atoms with Gasteiger partial charge in [-0.2, -0.15) is 5.10 Å². The number of rotatable bonds is 5. The predicted octanol–water partition coefficient (Wildman–Crippen LogP) is 2.12. The van der Waals surface area contributed by atoms with E-state index in [2.05, 4.69) is 15.0 Å². The molecule has 2 aliphatic heterocycles. The van der Waals surface area contributed by atoms with Gasteiger partial charge in [-0.15, -0.1) is 0 Å². The van der Waals surface area contributed by atoms with Crippen LogP contribution in [0.3, 0.4) is 0 Å². The molecule has 0 unspecified atom stereocenters. The Morgan fingerprint density at radius 3 is 2.81 bits per heavy atom. The average molecular weight is 352 g/mol. The molecule has 2 aromatic heterocycles. The van der Waals surface area contributed by atoms with E-state index in [0.717, 1.165) is 49.8 Å². The van der Waals surface area contributed by atoms with Gasteiger partial charge in [0.15, 0.2) is 0 Å². The highest BCUT2D eigenvalue weighted by Gasteiger charge is 2.31. The molecule has 5 rings (SSSR count). The number of hydrogen-bond donors (Lipinski definition) is 0. The second kappa shape index (κ2) is 6.46. The van der Waals surface area contributed by atoms with Gasteiger partial charge in [-0.25, -0.2) is 9.97 Å². The van der Waals surface area contributed by atoms with Crippen LogP contribution >= 0.6 is 0 Å². The van der Waals surface area contributed by atoms with Crippen molar-refractivity contribution in [2.45, 2.75) is 50.6 Å². The molecule has 0 spiro atoms. The first-order valence-electron chi connectivity index (χ1n) is 9.65. The van der Waals surface area contributed by atoms with Crippen LogP contribution in [0, 0.1) is 0 Å². The Morgan fingerprint density at radius 2 is 2.08 bits per heavy atom. The minimum absolute atomic E-state index is 0.214. The minimum Gasteiger partial charge on any atom is -0.309 e. The summed E-state index contributed by atoms with van der Waals surface area (Å²) < 4.78 is 2.01. The van der Waals surface area contributed by atoms with E-state index in [9.17, 15) is 4.79 Å². The van der Waals surface area contributed by atoms with E-state index in [-0.39, 0.29) is 5.91 Å². The lowest BCUT2D eigenvalue weighted by atomic mass is 9.85. The number of aromatic nitrogens is 4. The summed E-state index contributed by atoms with van der Waals surface area (Å²) in [6.07, 6.45) is 11.1. The van der Waals surface area contributed by atoms with Gasteiger partial charge >= 0.3 is 0 Å². The molecule has 26 heavy (non-hydrogen) atoms. The summed E-state index contributed by atoms with van der Waals surface area (Å²) in [5, 5.41) is 4.49. The van der Waals surface area contributed by atoms with Gasteiger partial charge in [0.05, 0.1) is 23.6 Å². The summed E-state index contributed by atoms with van der Waals surface area (Å²) in [6, 6.07) is 2.41. The number of carbonyl (C=O) groups excluding carboxylic acids is 1. The van der Waals surface area contributed by atoms with Gasteiger partial charge in [0.25, 0.3) is 0 Å². The quantitative estimate of drug-likeness (QED) is 0.825. The number of hydrogen-bond acceptors (Lipinski definition) is 5. The Balaban J connectivity index is 1.18. The third-order valence-electron chi connectivity index (χ3n) is 5.87.